The first-order valence-corrected chi connectivity index (χ1v) is 7.73. The maximum Gasteiger partial charge on any atom is 0.336 e. The molecule has 0 fully saturated rings. The van der Waals surface area contributed by atoms with Crippen molar-refractivity contribution in [1.29, 1.82) is 0 Å². The predicted octanol–water partition coefficient (Wildman–Crippen LogP) is 3.49. The molecule has 25 heavy (non-hydrogen) atoms. The molecule has 0 atom stereocenters. The van der Waals surface area contributed by atoms with Gasteiger partial charge in [0.05, 0.1) is 11.3 Å². The molecule has 1 N–H and O–H groups in total. The Morgan fingerprint density at radius 3 is 2.52 bits per heavy atom. The summed E-state index contributed by atoms with van der Waals surface area (Å²) in [6.07, 6.45) is 4.78. The lowest BCUT2D eigenvalue weighted by atomic mass is 9.94. The van der Waals surface area contributed by atoms with Gasteiger partial charge in [-0.3, -0.25) is 4.57 Å². The molecule has 0 unspecified atom stereocenters. The van der Waals surface area contributed by atoms with Crippen molar-refractivity contribution >= 4 is 17.3 Å². The number of hydrogen-bond acceptors (Lipinski definition) is 4. The monoisotopic (exact) mass is 330 g/mol. The number of rotatable bonds is 3. The van der Waals surface area contributed by atoms with E-state index < -0.39 is 5.97 Å². The van der Waals surface area contributed by atoms with Gasteiger partial charge in [0.15, 0.2) is 11.3 Å². The number of benzene rings is 2. The van der Waals surface area contributed by atoms with Crippen molar-refractivity contribution in [2.45, 2.75) is 6.92 Å². The summed E-state index contributed by atoms with van der Waals surface area (Å²) >= 11 is 0. The average Bonchev–Trinajstić information content (AvgIpc) is 3.06. The van der Waals surface area contributed by atoms with Crippen LogP contribution in [0.5, 0.6) is 0 Å². The Kier molecular flexibility index (Phi) is 3.50. The summed E-state index contributed by atoms with van der Waals surface area (Å²) in [5.41, 5.74) is 4.31. The minimum Gasteiger partial charge on any atom is -0.478 e. The number of fused-ring (bicyclic) bond motifs is 1. The molecule has 0 aliphatic carbocycles. The van der Waals surface area contributed by atoms with Gasteiger partial charge in [0.25, 0.3) is 0 Å². The third kappa shape index (κ3) is 2.44. The fourth-order valence-electron chi connectivity index (χ4n) is 3.02. The van der Waals surface area contributed by atoms with Crippen molar-refractivity contribution < 1.29 is 9.90 Å². The summed E-state index contributed by atoms with van der Waals surface area (Å²) in [5, 5.41) is 9.79. The van der Waals surface area contributed by atoms with Crippen LogP contribution in [0.15, 0.2) is 61.2 Å². The van der Waals surface area contributed by atoms with Crippen LogP contribution in [0.3, 0.4) is 0 Å². The summed E-state index contributed by atoms with van der Waals surface area (Å²) in [4.78, 5) is 24.7. The van der Waals surface area contributed by atoms with Crippen molar-refractivity contribution in [3.8, 4) is 16.8 Å². The zero-order valence-electron chi connectivity index (χ0n) is 13.4. The number of hydrogen-bond donors (Lipinski definition) is 1. The lowest BCUT2D eigenvalue weighted by Crippen LogP contribution is -2.07. The third-order valence-corrected chi connectivity index (χ3v) is 4.18. The maximum atomic E-state index is 11.9. The van der Waals surface area contributed by atoms with Crippen LogP contribution in [0.25, 0.3) is 28.1 Å². The Balaban J connectivity index is 1.97. The van der Waals surface area contributed by atoms with E-state index in [4.69, 9.17) is 0 Å². The highest BCUT2D eigenvalue weighted by Gasteiger charge is 2.19. The summed E-state index contributed by atoms with van der Waals surface area (Å²) in [5.74, 6) is -0.964. The molecule has 2 aromatic carbocycles. The Hall–Kier alpha value is -3.54. The second-order valence-electron chi connectivity index (χ2n) is 5.62. The molecule has 0 radical (unpaired) electrons. The number of carbonyl (C=O) groups is 1. The van der Waals surface area contributed by atoms with Crippen LogP contribution >= 0.6 is 0 Å². The molecular weight excluding hydrogens is 316 g/mol. The molecule has 6 nitrogen and oxygen atoms in total. The highest BCUT2D eigenvalue weighted by Crippen LogP contribution is 2.30. The Morgan fingerprint density at radius 2 is 1.76 bits per heavy atom. The highest BCUT2D eigenvalue weighted by molar-refractivity contribution is 5.98. The van der Waals surface area contributed by atoms with Gasteiger partial charge in [-0.15, -0.1) is 0 Å². The smallest absolute Gasteiger partial charge is 0.336 e. The van der Waals surface area contributed by atoms with Crippen molar-refractivity contribution in [2.24, 2.45) is 0 Å². The molecule has 122 valence electrons. The van der Waals surface area contributed by atoms with Gasteiger partial charge in [-0.25, -0.2) is 19.7 Å². The van der Waals surface area contributed by atoms with E-state index in [0.29, 0.717) is 22.4 Å². The van der Waals surface area contributed by atoms with Crippen LogP contribution in [-0.4, -0.2) is 30.6 Å². The Morgan fingerprint density at radius 1 is 1.00 bits per heavy atom. The molecule has 0 aliphatic rings. The van der Waals surface area contributed by atoms with Gasteiger partial charge in [0.2, 0.25) is 0 Å². The molecule has 0 saturated carbocycles. The first-order chi connectivity index (χ1) is 12.2. The maximum absolute atomic E-state index is 11.9. The quantitative estimate of drug-likeness (QED) is 0.622. The van der Waals surface area contributed by atoms with Gasteiger partial charge in [-0.05, 0) is 29.7 Å². The van der Waals surface area contributed by atoms with Crippen LogP contribution < -0.4 is 0 Å². The van der Waals surface area contributed by atoms with E-state index >= 15 is 0 Å². The number of nitrogens with zero attached hydrogens (tertiary/aromatic N) is 4. The number of carboxylic acid groups (broad SMARTS) is 1. The minimum absolute atomic E-state index is 0.273. The first kappa shape index (κ1) is 15.0. The van der Waals surface area contributed by atoms with Crippen LogP contribution in [0.2, 0.25) is 0 Å². The Labute approximate surface area is 143 Å². The first-order valence-electron chi connectivity index (χ1n) is 7.73. The predicted molar refractivity (Wildman–Crippen MR) is 93.8 cm³/mol. The number of carboxylic acids is 1. The van der Waals surface area contributed by atoms with E-state index in [9.17, 15) is 9.90 Å². The molecule has 0 aliphatic heterocycles. The van der Waals surface area contributed by atoms with Crippen molar-refractivity contribution in [3.63, 3.8) is 0 Å². The zero-order valence-corrected chi connectivity index (χ0v) is 13.4. The summed E-state index contributed by atoms with van der Waals surface area (Å²) in [6, 6.07) is 13.2. The number of aromatic nitrogens is 4. The van der Waals surface area contributed by atoms with Gasteiger partial charge in [-0.2, -0.15) is 0 Å². The van der Waals surface area contributed by atoms with Crippen LogP contribution in [0.1, 0.15) is 15.9 Å². The third-order valence-electron chi connectivity index (χ3n) is 4.18. The van der Waals surface area contributed by atoms with E-state index in [1.807, 2.05) is 42.5 Å². The van der Waals surface area contributed by atoms with Crippen molar-refractivity contribution in [3.05, 3.63) is 72.3 Å². The fourth-order valence-corrected chi connectivity index (χ4v) is 3.02. The lowest BCUT2D eigenvalue weighted by Gasteiger charge is -2.14. The molecular formula is C19H14N4O2. The molecule has 0 saturated heterocycles. The van der Waals surface area contributed by atoms with E-state index in [-0.39, 0.29) is 5.56 Å². The van der Waals surface area contributed by atoms with Gasteiger partial charge >= 0.3 is 5.97 Å². The second-order valence-corrected chi connectivity index (χ2v) is 5.62. The van der Waals surface area contributed by atoms with E-state index in [0.717, 1.165) is 11.3 Å². The average molecular weight is 330 g/mol. The molecule has 2 heterocycles. The largest absolute Gasteiger partial charge is 0.478 e. The molecule has 6 heteroatoms. The summed E-state index contributed by atoms with van der Waals surface area (Å²) in [6.45, 7) is 1.80. The minimum atomic E-state index is -0.964. The lowest BCUT2D eigenvalue weighted by molar-refractivity contribution is 0.0697. The standard InChI is InChI=1S/C19H14N4O2/c1-12-15(23-11-22-17-18(23)21-10-9-20-17)8-7-14(16(12)19(24)25)13-5-3-2-4-6-13/h2-11H,1H3,(H,24,25). The van der Waals surface area contributed by atoms with Crippen molar-refractivity contribution in [2.75, 3.05) is 0 Å². The van der Waals surface area contributed by atoms with Gasteiger partial charge in [-0.1, -0.05) is 36.4 Å². The van der Waals surface area contributed by atoms with Gasteiger partial charge < -0.3 is 5.11 Å². The van der Waals surface area contributed by atoms with Crippen LogP contribution in [0.4, 0.5) is 0 Å². The van der Waals surface area contributed by atoms with Crippen LogP contribution in [0, 0.1) is 6.92 Å². The molecule has 0 spiro atoms. The Bertz CT molecular complexity index is 1090. The number of aromatic carboxylic acids is 1. The molecule has 4 aromatic rings. The van der Waals surface area contributed by atoms with E-state index in [1.54, 1.807) is 30.2 Å². The molecule has 4 rings (SSSR count). The molecule has 2 aromatic heterocycles. The SMILES string of the molecule is Cc1c(-n2cnc3nccnc32)ccc(-c2ccccc2)c1C(=O)O. The highest BCUT2D eigenvalue weighted by atomic mass is 16.4. The number of imidazole rings is 1. The second kappa shape index (κ2) is 5.83. The molecule has 0 amide bonds. The topological polar surface area (TPSA) is 80.9 Å². The van der Waals surface area contributed by atoms with Gasteiger partial charge in [0, 0.05) is 12.4 Å². The van der Waals surface area contributed by atoms with Crippen LogP contribution in [-0.2, 0) is 0 Å². The fraction of sp³-hybridized carbons (Fsp3) is 0.0526. The van der Waals surface area contributed by atoms with Gasteiger partial charge in [0.1, 0.15) is 6.33 Å². The molecule has 0 bridgehead atoms. The van der Waals surface area contributed by atoms with E-state index in [2.05, 4.69) is 15.0 Å². The van der Waals surface area contributed by atoms with E-state index in [1.165, 1.54) is 0 Å². The normalized spacial score (nSPS) is 10.9. The zero-order chi connectivity index (χ0) is 17.4. The summed E-state index contributed by atoms with van der Waals surface area (Å²) < 4.78 is 1.76. The summed E-state index contributed by atoms with van der Waals surface area (Å²) in [7, 11) is 0. The van der Waals surface area contributed by atoms with Crippen molar-refractivity contribution in [1.82, 2.24) is 19.5 Å².